The van der Waals surface area contributed by atoms with Crippen LogP contribution >= 0.6 is 0 Å². The summed E-state index contributed by atoms with van der Waals surface area (Å²) in [6, 6.07) is 0. The van der Waals surface area contributed by atoms with Gasteiger partial charge >= 0.3 is 5.97 Å². The third kappa shape index (κ3) is 1.87. The van der Waals surface area contributed by atoms with E-state index in [2.05, 4.69) is 27.7 Å². The molecular formula is C11H20O2. The summed E-state index contributed by atoms with van der Waals surface area (Å²) in [6.07, 6.45) is 1.44. The molecule has 1 aliphatic rings. The van der Waals surface area contributed by atoms with E-state index < -0.39 is 5.97 Å². The van der Waals surface area contributed by atoms with E-state index in [1.165, 1.54) is 0 Å². The number of rotatable bonds is 3. The van der Waals surface area contributed by atoms with Gasteiger partial charge in [-0.1, -0.05) is 27.7 Å². The van der Waals surface area contributed by atoms with Crippen LogP contribution in [0.5, 0.6) is 0 Å². The molecule has 0 aliphatic heterocycles. The van der Waals surface area contributed by atoms with Gasteiger partial charge in [-0.25, -0.2) is 0 Å². The fraction of sp³-hybridized carbons (Fsp3) is 0.909. The maximum atomic E-state index is 10.6. The predicted octanol–water partition coefficient (Wildman–Crippen LogP) is 2.78. The standard InChI is InChI=1S/C11H20O2/c1-7(2)9-5-8(6-10(12)13)11(9,3)4/h7-9H,5-6H2,1-4H3,(H,12,13). The molecule has 0 saturated heterocycles. The third-order valence-electron chi connectivity index (χ3n) is 3.77. The number of hydrogen-bond acceptors (Lipinski definition) is 1. The molecule has 0 aromatic heterocycles. The van der Waals surface area contributed by atoms with Crippen LogP contribution in [-0.4, -0.2) is 11.1 Å². The fourth-order valence-electron chi connectivity index (χ4n) is 2.74. The Bertz CT molecular complexity index is 206. The molecule has 0 radical (unpaired) electrons. The summed E-state index contributed by atoms with van der Waals surface area (Å²) >= 11 is 0. The maximum absolute atomic E-state index is 10.6. The Balaban J connectivity index is 2.54. The molecule has 0 spiro atoms. The minimum Gasteiger partial charge on any atom is -0.481 e. The molecule has 0 bridgehead atoms. The van der Waals surface area contributed by atoms with Gasteiger partial charge in [0, 0.05) is 6.42 Å². The first-order valence-electron chi connectivity index (χ1n) is 5.07. The van der Waals surface area contributed by atoms with Crippen molar-refractivity contribution in [2.24, 2.45) is 23.2 Å². The Morgan fingerprint density at radius 1 is 1.54 bits per heavy atom. The summed E-state index contributed by atoms with van der Waals surface area (Å²) in [4.78, 5) is 10.6. The molecule has 0 amide bonds. The molecule has 1 fully saturated rings. The van der Waals surface area contributed by atoms with Gasteiger partial charge in [0.15, 0.2) is 0 Å². The molecule has 2 heteroatoms. The lowest BCUT2D eigenvalue weighted by Gasteiger charge is -2.54. The van der Waals surface area contributed by atoms with Crippen molar-refractivity contribution in [2.45, 2.75) is 40.5 Å². The maximum Gasteiger partial charge on any atom is 0.303 e. The first kappa shape index (κ1) is 10.6. The summed E-state index contributed by atoms with van der Waals surface area (Å²) in [6.45, 7) is 8.86. The van der Waals surface area contributed by atoms with Gasteiger partial charge in [-0.2, -0.15) is 0 Å². The summed E-state index contributed by atoms with van der Waals surface area (Å²) in [5.74, 6) is 1.12. The summed E-state index contributed by atoms with van der Waals surface area (Å²) in [7, 11) is 0. The van der Waals surface area contributed by atoms with Gasteiger partial charge in [0.25, 0.3) is 0 Å². The van der Waals surface area contributed by atoms with Crippen molar-refractivity contribution in [3.63, 3.8) is 0 Å². The number of carboxylic acid groups (broad SMARTS) is 1. The topological polar surface area (TPSA) is 37.3 Å². The van der Waals surface area contributed by atoms with Crippen LogP contribution in [0.1, 0.15) is 40.5 Å². The van der Waals surface area contributed by atoms with E-state index in [4.69, 9.17) is 5.11 Å². The van der Waals surface area contributed by atoms with Crippen LogP contribution in [0.4, 0.5) is 0 Å². The highest BCUT2D eigenvalue weighted by Crippen LogP contribution is 2.55. The van der Waals surface area contributed by atoms with Gasteiger partial charge in [-0.15, -0.1) is 0 Å². The van der Waals surface area contributed by atoms with Gasteiger partial charge in [0.05, 0.1) is 0 Å². The average Bonchev–Trinajstić information content (AvgIpc) is 1.96. The molecule has 1 aliphatic carbocycles. The van der Waals surface area contributed by atoms with Crippen molar-refractivity contribution in [1.29, 1.82) is 0 Å². The average molecular weight is 184 g/mol. The zero-order valence-corrected chi connectivity index (χ0v) is 9.00. The van der Waals surface area contributed by atoms with E-state index in [-0.39, 0.29) is 5.41 Å². The first-order chi connectivity index (χ1) is 5.85. The van der Waals surface area contributed by atoms with Crippen LogP contribution in [-0.2, 0) is 4.79 Å². The largest absolute Gasteiger partial charge is 0.481 e. The molecule has 2 atom stereocenters. The van der Waals surface area contributed by atoms with Crippen LogP contribution in [0.25, 0.3) is 0 Å². The van der Waals surface area contributed by atoms with Crippen LogP contribution < -0.4 is 0 Å². The third-order valence-corrected chi connectivity index (χ3v) is 3.77. The molecular weight excluding hydrogens is 164 g/mol. The highest BCUT2D eigenvalue weighted by atomic mass is 16.4. The van der Waals surface area contributed by atoms with Gasteiger partial charge in [-0.3, -0.25) is 4.79 Å². The second-order valence-electron chi connectivity index (χ2n) is 5.20. The quantitative estimate of drug-likeness (QED) is 0.732. The molecule has 13 heavy (non-hydrogen) atoms. The SMILES string of the molecule is CC(C)C1CC(CC(=O)O)C1(C)C. The summed E-state index contributed by atoms with van der Waals surface area (Å²) in [5, 5.41) is 8.71. The van der Waals surface area contributed by atoms with Crippen LogP contribution in [0.3, 0.4) is 0 Å². The second-order valence-corrected chi connectivity index (χ2v) is 5.20. The molecule has 1 rings (SSSR count). The fourth-order valence-corrected chi connectivity index (χ4v) is 2.74. The molecule has 0 heterocycles. The second kappa shape index (κ2) is 3.32. The molecule has 0 aromatic carbocycles. The highest BCUT2D eigenvalue weighted by Gasteiger charge is 2.49. The lowest BCUT2D eigenvalue weighted by molar-refractivity contribution is -0.144. The first-order valence-corrected chi connectivity index (χ1v) is 5.07. The molecule has 1 saturated carbocycles. The lowest BCUT2D eigenvalue weighted by Crippen LogP contribution is -2.48. The Kier molecular flexibility index (Phi) is 2.69. The normalized spacial score (nSPS) is 31.5. The van der Waals surface area contributed by atoms with Crippen molar-refractivity contribution >= 4 is 5.97 Å². The van der Waals surface area contributed by atoms with E-state index in [1.807, 2.05) is 0 Å². The van der Waals surface area contributed by atoms with E-state index in [0.717, 1.165) is 6.42 Å². The van der Waals surface area contributed by atoms with Crippen LogP contribution in [0.15, 0.2) is 0 Å². The zero-order chi connectivity index (χ0) is 10.2. The highest BCUT2D eigenvalue weighted by molar-refractivity contribution is 5.67. The lowest BCUT2D eigenvalue weighted by atomic mass is 9.51. The Hall–Kier alpha value is -0.530. The van der Waals surface area contributed by atoms with E-state index in [0.29, 0.717) is 24.2 Å². The van der Waals surface area contributed by atoms with Gasteiger partial charge in [-0.05, 0) is 29.6 Å². The van der Waals surface area contributed by atoms with Crippen molar-refractivity contribution < 1.29 is 9.90 Å². The van der Waals surface area contributed by atoms with E-state index >= 15 is 0 Å². The Morgan fingerprint density at radius 2 is 2.08 bits per heavy atom. The van der Waals surface area contributed by atoms with Gasteiger partial charge in [0.1, 0.15) is 0 Å². The van der Waals surface area contributed by atoms with E-state index in [1.54, 1.807) is 0 Å². The predicted molar refractivity (Wildman–Crippen MR) is 52.5 cm³/mol. The molecule has 2 nitrogen and oxygen atoms in total. The monoisotopic (exact) mass is 184 g/mol. The van der Waals surface area contributed by atoms with Crippen molar-refractivity contribution in [2.75, 3.05) is 0 Å². The van der Waals surface area contributed by atoms with Crippen LogP contribution in [0.2, 0.25) is 0 Å². The van der Waals surface area contributed by atoms with Crippen molar-refractivity contribution in [1.82, 2.24) is 0 Å². The van der Waals surface area contributed by atoms with Gasteiger partial charge < -0.3 is 5.11 Å². The Morgan fingerprint density at radius 3 is 2.38 bits per heavy atom. The minimum absolute atomic E-state index is 0.229. The summed E-state index contributed by atoms with van der Waals surface area (Å²) < 4.78 is 0. The smallest absolute Gasteiger partial charge is 0.303 e. The number of carbonyl (C=O) groups is 1. The van der Waals surface area contributed by atoms with Crippen LogP contribution in [0, 0.1) is 23.2 Å². The molecule has 76 valence electrons. The van der Waals surface area contributed by atoms with Gasteiger partial charge in [0.2, 0.25) is 0 Å². The zero-order valence-electron chi connectivity index (χ0n) is 9.00. The summed E-state index contributed by atoms with van der Waals surface area (Å²) in [5.41, 5.74) is 0.229. The van der Waals surface area contributed by atoms with E-state index in [9.17, 15) is 4.79 Å². The number of carboxylic acids is 1. The van der Waals surface area contributed by atoms with Crippen molar-refractivity contribution in [3.8, 4) is 0 Å². The minimum atomic E-state index is -0.653. The molecule has 2 unspecified atom stereocenters. The molecule has 1 N–H and O–H groups in total. The number of aliphatic carboxylic acids is 1. The Labute approximate surface area is 80.3 Å². The molecule has 0 aromatic rings. The van der Waals surface area contributed by atoms with Crippen molar-refractivity contribution in [3.05, 3.63) is 0 Å². The number of hydrogen-bond donors (Lipinski definition) is 1.